The van der Waals surface area contributed by atoms with Crippen LogP contribution in [0.15, 0.2) is 54.6 Å². The molecular formula is C18H18F3NO2. The lowest BCUT2D eigenvalue weighted by Gasteiger charge is -2.17. The van der Waals surface area contributed by atoms with E-state index in [-0.39, 0.29) is 24.3 Å². The van der Waals surface area contributed by atoms with Crippen molar-refractivity contribution in [3.8, 4) is 5.75 Å². The van der Waals surface area contributed by atoms with Gasteiger partial charge in [0.1, 0.15) is 5.75 Å². The van der Waals surface area contributed by atoms with E-state index in [0.717, 1.165) is 17.7 Å². The van der Waals surface area contributed by atoms with Crippen LogP contribution in [-0.2, 0) is 11.0 Å². The summed E-state index contributed by atoms with van der Waals surface area (Å²) in [6.07, 6.45) is -3.75. The maximum atomic E-state index is 12.6. The van der Waals surface area contributed by atoms with Crippen molar-refractivity contribution in [2.45, 2.75) is 25.6 Å². The Bertz CT molecular complexity index is 671. The lowest BCUT2D eigenvalue weighted by atomic mass is 10.0. The van der Waals surface area contributed by atoms with Crippen molar-refractivity contribution in [2.75, 3.05) is 6.61 Å². The van der Waals surface area contributed by atoms with E-state index in [2.05, 4.69) is 5.32 Å². The summed E-state index contributed by atoms with van der Waals surface area (Å²) in [6.45, 7) is 1.59. The number of hydrogen-bond acceptors (Lipinski definition) is 2. The molecule has 0 aliphatic carbocycles. The minimum absolute atomic E-state index is 0.00716. The molecule has 1 N–H and O–H groups in total. The van der Waals surface area contributed by atoms with E-state index in [1.54, 1.807) is 0 Å². The van der Waals surface area contributed by atoms with Gasteiger partial charge in [0, 0.05) is 0 Å². The molecule has 0 heterocycles. The van der Waals surface area contributed by atoms with Gasteiger partial charge >= 0.3 is 6.18 Å². The second-order valence-corrected chi connectivity index (χ2v) is 5.25. The van der Waals surface area contributed by atoms with Crippen molar-refractivity contribution in [1.82, 2.24) is 5.32 Å². The summed E-state index contributed by atoms with van der Waals surface area (Å²) in [5.41, 5.74) is 0.156. The monoisotopic (exact) mass is 337 g/mol. The fourth-order valence-corrected chi connectivity index (χ4v) is 2.25. The molecule has 0 fully saturated rings. The Hall–Kier alpha value is -2.50. The first-order chi connectivity index (χ1) is 11.4. The summed E-state index contributed by atoms with van der Waals surface area (Å²) in [6, 6.07) is 13.7. The molecule has 2 rings (SSSR count). The second-order valence-electron chi connectivity index (χ2n) is 5.25. The SMILES string of the molecule is CC[C@H](NC(=O)COc1cccc(C(F)(F)F)c1)c1ccccc1. The van der Waals surface area contributed by atoms with E-state index in [1.807, 2.05) is 37.3 Å². The average molecular weight is 337 g/mol. The van der Waals surface area contributed by atoms with E-state index in [0.29, 0.717) is 6.42 Å². The van der Waals surface area contributed by atoms with E-state index < -0.39 is 11.7 Å². The predicted octanol–water partition coefficient (Wildman–Crippen LogP) is 4.35. The van der Waals surface area contributed by atoms with Gasteiger partial charge in [-0.2, -0.15) is 13.2 Å². The minimum Gasteiger partial charge on any atom is -0.484 e. The Morgan fingerprint density at radius 3 is 2.46 bits per heavy atom. The number of hydrogen-bond donors (Lipinski definition) is 1. The number of benzene rings is 2. The molecule has 0 radical (unpaired) electrons. The molecular weight excluding hydrogens is 319 g/mol. The van der Waals surface area contributed by atoms with Crippen LogP contribution in [0.25, 0.3) is 0 Å². The number of nitrogens with one attached hydrogen (secondary N) is 1. The van der Waals surface area contributed by atoms with Crippen molar-refractivity contribution >= 4 is 5.91 Å². The number of ether oxygens (including phenoxy) is 1. The zero-order valence-corrected chi connectivity index (χ0v) is 13.1. The summed E-state index contributed by atoms with van der Waals surface area (Å²) >= 11 is 0. The number of halogens is 3. The Labute approximate surface area is 138 Å². The quantitative estimate of drug-likeness (QED) is 0.851. The molecule has 2 aromatic carbocycles. The summed E-state index contributed by atoms with van der Waals surface area (Å²) in [5.74, 6) is -0.379. The van der Waals surface area contributed by atoms with Crippen molar-refractivity contribution in [2.24, 2.45) is 0 Å². The third kappa shape index (κ3) is 5.01. The van der Waals surface area contributed by atoms with Gasteiger partial charge < -0.3 is 10.1 Å². The van der Waals surface area contributed by atoms with E-state index in [4.69, 9.17) is 4.74 Å². The molecule has 0 spiro atoms. The van der Waals surface area contributed by atoms with Crippen LogP contribution in [0.2, 0.25) is 0 Å². The molecule has 0 aromatic heterocycles. The van der Waals surface area contributed by atoms with Crippen molar-refractivity contribution < 1.29 is 22.7 Å². The number of amides is 1. The fourth-order valence-electron chi connectivity index (χ4n) is 2.25. The largest absolute Gasteiger partial charge is 0.484 e. The summed E-state index contributed by atoms with van der Waals surface area (Å²) in [4.78, 5) is 12.0. The van der Waals surface area contributed by atoms with Crippen LogP contribution < -0.4 is 10.1 Å². The highest BCUT2D eigenvalue weighted by molar-refractivity contribution is 5.78. The summed E-state index contributed by atoms with van der Waals surface area (Å²) in [5, 5.41) is 2.81. The average Bonchev–Trinajstić information content (AvgIpc) is 2.58. The van der Waals surface area contributed by atoms with Crippen LogP contribution in [0, 0.1) is 0 Å². The maximum absolute atomic E-state index is 12.6. The highest BCUT2D eigenvalue weighted by Crippen LogP contribution is 2.31. The zero-order chi connectivity index (χ0) is 17.6. The first-order valence-corrected chi connectivity index (χ1v) is 7.54. The van der Waals surface area contributed by atoms with Gasteiger partial charge in [0.05, 0.1) is 11.6 Å². The molecule has 0 bridgehead atoms. The van der Waals surface area contributed by atoms with Crippen LogP contribution in [0.3, 0.4) is 0 Å². The predicted molar refractivity (Wildman–Crippen MR) is 84.6 cm³/mol. The maximum Gasteiger partial charge on any atom is 0.416 e. The first kappa shape index (κ1) is 17.8. The highest BCUT2D eigenvalue weighted by Gasteiger charge is 2.30. The Balaban J connectivity index is 1.93. The van der Waals surface area contributed by atoms with Gasteiger partial charge in [0.2, 0.25) is 0 Å². The number of rotatable bonds is 6. The standard InChI is InChI=1S/C18H18F3NO2/c1-2-16(13-7-4-3-5-8-13)22-17(23)12-24-15-10-6-9-14(11-15)18(19,20)21/h3-11,16H,2,12H2,1H3,(H,22,23)/t16-/m0/s1. The van der Waals surface area contributed by atoms with Gasteiger partial charge in [-0.25, -0.2) is 0 Å². The normalized spacial score (nSPS) is 12.5. The van der Waals surface area contributed by atoms with Gasteiger partial charge in [-0.3, -0.25) is 4.79 Å². The Morgan fingerprint density at radius 1 is 1.12 bits per heavy atom. The van der Waals surface area contributed by atoms with Crippen LogP contribution >= 0.6 is 0 Å². The molecule has 0 aliphatic heterocycles. The fraction of sp³-hybridized carbons (Fsp3) is 0.278. The molecule has 24 heavy (non-hydrogen) atoms. The number of carbonyl (C=O) groups excluding carboxylic acids is 1. The third-order valence-electron chi connectivity index (χ3n) is 3.48. The van der Waals surface area contributed by atoms with Crippen LogP contribution in [0.1, 0.15) is 30.5 Å². The lowest BCUT2D eigenvalue weighted by Crippen LogP contribution is -2.32. The van der Waals surface area contributed by atoms with Crippen molar-refractivity contribution in [1.29, 1.82) is 0 Å². The molecule has 128 valence electrons. The van der Waals surface area contributed by atoms with Gasteiger partial charge in [0.15, 0.2) is 6.61 Å². The molecule has 0 aliphatic rings. The van der Waals surface area contributed by atoms with Crippen LogP contribution in [-0.4, -0.2) is 12.5 Å². The van der Waals surface area contributed by atoms with Crippen molar-refractivity contribution in [3.63, 3.8) is 0 Å². The topological polar surface area (TPSA) is 38.3 Å². The van der Waals surface area contributed by atoms with E-state index in [1.165, 1.54) is 12.1 Å². The summed E-state index contributed by atoms with van der Waals surface area (Å²) < 4.78 is 43.1. The molecule has 3 nitrogen and oxygen atoms in total. The number of carbonyl (C=O) groups is 1. The van der Waals surface area contributed by atoms with Gasteiger partial charge in [-0.1, -0.05) is 43.3 Å². The molecule has 0 saturated heterocycles. The Morgan fingerprint density at radius 2 is 1.83 bits per heavy atom. The van der Waals surface area contributed by atoms with E-state index >= 15 is 0 Å². The van der Waals surface area contributed by atoms with E-state index in [9.17, 15) is 18.0 Å². The smallest absolute Gasteiger partial charge is 0.416 e. The molecule has 2 aromatic rings. The second kappa shape index (κ2) is 7.86. The van der Waals surface area contributed by atoms with Gasteiger partial charge in [0.25, 0.3) is 5.91 Å². The number of alkyl halides is 3. The summed E-state index contributed by atoms with van der Waals surface area (Å²) in [7, 11) is 0. The minimum atomic E-state index is -4.44. The van der Waals surface area contributed by atoms with Crippen LogP contribution in [0.4, 0.5) is 13.2 Å². The molecule has 6 heteroatoms. The third-order valence-corrected chi connectivity index (χ3v) is 3.48. The Kier molecular flexibility index (Phi) is 5.84. The first-order valence-electron chi connectivity index (χ1n) is 7.54. The van der Waals surface area contributed by atoms with Gasteiger partial charge in [-0.15, -0.1) is 0 Å². The molecule has 1 atom stereocenters. The zero-order valence-electron chi connectivity index (χ0n) is 13.1. The molecule has 0 unspecified atom stereocenters. The molecule has 1 amide bonds. The van der Waals surface area contributed by atoms with Crippen LogP contribution in [0.5, 0.6) is 5.75 Å². The lowest BCUT2D eigenvalue weighted by molar-refractivity contribution is -0.137. The van der Waals surface area contributed by atoms with Gasteiger partial charge in [-0.05, 0) is 30.2 Å². The van der Waals surface area contributed by atoms with Crippen molar-refractivity contribution in [3.05, 3.63) is 65.7 Å². The molecule has 0 saturated carbocycles. The highest BCUT2D eigenvalue weighted by atomic mass is 19.4.